The molecule has 1 amide bonds. The van der Waals surface area contributed by atoms with Gasteiger partial charge in [0.2, 0.25) is 5.91 Å². The second-order valence-electron chi connectivity index (χ2n) is 5.74. The van der Waals surface area contributed by atoms with E-state index in [0.29, 0.717) is 19.4 Å². The van der Waals surface area contributed by atoms with Gasteiger partial charge in [0.25, 0.3) is 0 Å². The van der Waals surface area contributed by atoms with Crippen molar-refractivity contribution >= 4 is 11.9 Å². The summed E-state index contributed by atoms with van der Waals surface area (Å²) in [4.78, 5) is 22.1. The van der Waals surface area contributed by atoms with E-state index in [1.807, 2.05) is 12.2 Å². The number of carbonyl (C=O) groups is 2. The first-order valence-electron chi connectivity index (χ1n) is 7.91. The highest BCUT2D eigenvalue weighted by Gasteiger charge is 2.22. The molecule has 5 nitrogen and oxygen atoms in total. The Morgan fingerprint density at radius 2 is 1.71 bits per heavy atom. The van der Waals surface area contributed by atoms with E-state index in [-0.39, 0.29) is 18.2 Å². The molecule has 0 fully saturated rings. The van der Waals surface area contributed by atoms with Crippen LogP contribution in [-0.4, -0.2) is 34.7 Å². The van der Waals surface area contributed by atoms with Crippen LogP contribution in [-0.2, 0) is 9.59 Å². The summed E-state index contributed by atoms with van der Waals surface area (Å²) in [5, 5.41) is 21.2. The van der Waals surface area contributed by atoms with Gasteiger partial charge in [0.05, 0.1) is 6.10 Å². The molecule has 120 valence electrons. The molecule has 1 rings (SSSR count). The van der Waals surface area contributed by atoms with Crippen molar-refractivity contribution in [2.45, 2.75) is 63.9 Å². The fraction of sp³-hybridized carbons (Fsp3) is 0.750. The Morgan fingerprint density at radius 3 is 2.43 bits per heavy atom. The van der Waals surface area contributed by atoms with Gasteiger partial charge in [0, 0.05) is 19.4 Å². The summed E-state index contributed by atoms with van der Waals surface area (Å²) < 4.78 is 0. The second-order valence-corrected chi connectivity index (χ2v) is 5.74. The third-order valence-electron chi connectivity index (χ3n) is 3.86. The summed E-state index contributed by atoms with van der Waals surface area (Å²) in [6.07, 6.45) is 10.3. The van der Waals surface area contributed by atoms with Gasteiger partial charge in [-0.05, 0) is 31.6 Å². The van der Waals surface area contributed by atoms with Crippen LogP contribution in [0.1, 0.15) is 57.8 Å². The lowest BCUT2D eigenvalue weighted by atomic mass is 9.88. The van der Waals surface area contributed by atoms with Crippen molar-refractivity contribution in [2.75, 3.05) is 6.54 Å². The molecule has 0 aromatic heterocycles. The van der Waals surface area contributed by atoms with Crippen LogP contribution in [0.25, 0.3) is 0 Å². The fourth-order valence-corrected chi connectivity index (χ4v) is 2.55. The first-order valence-corrected chi connectivity index (χ1v) is 7.91. The van der Waals surface area contributed by atoms with Crippen molar-refractivity contribution in [1.29, 1.82) is 0 Å². The number of aliphatic carboxylic acids is 1. The number of aliphatic hydroxyl groups is 1. The van der Waals surface area contributed by atoms with E-state index in [1.165, 1.54) is 0 Å². The van der Waals surface area contributed by atoms with Crippen LogP contribution in [0.3, 0.4) is 0 Å². The molecule has 0 aliphatic heterocycles. The summed E-state index contributed by atoms with van der Waals surface area (Å²) in [6.45, 7) is 0.663. The van der Waals surface area contributed by atoms with Gasteiger partial charge >= 0.3 is 5.97 Å². The highest BCUT2D eigenvalue weighted by atomic mass is 16.4. The molecule has 0 heterocycles. The number of unbranched alkanes of at least 4 members (excludes halogenated alkanes) is 4. The molecule has 21 heavy (non-hydrogen) atoms. The maximum absolute atomic E-state index is 11.8. The van der Waals surface area contributed by atoms with E-state index in [4.69, 9.17) is 5.11 Å². The van der Waals surface area contributed by atoms with E-state index in [0.717, 1.165) is 38.5 Å². The van der Waals surface area contributed by atoms with E-state index in [1.54, 1.807) is 0 Å². The molecular formula is C16H27NO4. The highest BCUT2D eigenvalue weighted by Crippen LogP contribution is 2.21. The molecule has 0 bridgehead atoms. The minimum atomic E-state index is -0.734. The normalized spacial score (nSPS) is 21.2. The molecule has 1 aliphatic carbocycles. The fourth-order valence-electron chi connectivity index (χ4n) is 2.55. The lowest BCUT2D eigenvalue weighted by molar-refractivity contribution is -0.137. The van der Waals surface area contributed by atoms with Gasteiger partial charge in [0.15, 0.2) is 0 Å². The zero-order chi connectivity index (χ0) is 15.5. The lowest BCUT2D eigenvalue weighted by Crippen LogP contribution is -2.31. The molecule has 2 unspecified atom stereocenters. The third-order valence-corrected chi connectivity index (χ3v) is 3.86. The second kappa shape index (κ2) is 10.4. The smallest absolute Gasteiger partial charge is 0.303 e. The molecule has 5 heteroatoms. The highest BCUT2D eigenvalue weighted by molar-refractivity contribution is 5.76. The van der Waals surface area contributed by atoms with Crippen molar-refractivity contribution in [3.63, 3.8) is 0 Å². The van der Waals surface area contributed by atoms with Crippen LogP contribution in [0.15, 0.2) is 12.2 Å². The topological polar surface area (TPSA) is 86.6 Å². The first kappa shape index (κ1) is 17.7. The molecule has 0 spiro atoms. The Kier molecular flexibility index (Phi) is 8.74. The quantitative estimate of drug-likeness (QED) is 0.426. The van der Waals surface area contributed by atoms with Crippen molar-refractivity contribution in [3.05, 3.63) is 12.2 Å². The maximum Gasteiger partial charge on any atom is 0.303 e. The van der Waals surface area contributed by atoms with E-state index < -0.39 is 12.1 Å². The molecule has 0 aromatic carbocycles. The van der Waals surface area contributed by atoms with Crippen LogP contribution in [0.2, 0.25) is 0 Å². The Hall–Kier alpha value is -1.36. The van der Waals surface area contributed by atoms with Crippen LogP contribution >= 0.6 is 0 Å². The Balaban J connectivity index is 1.96. The summed E-state index contributed by atoms with van der Waals surface area (Å²) in [7, 11) is 0. The van der Waals surface area contributed by atoms with Crippen molar-refractivity contribution in [2.24, 2.45) is 5.92 Å². The van der Waals surface area contributed by atoms with Crippen LogP contribution in [0, 0.1) is 5.92 Å². The monoisotopic (exact) mass is 297 g/mol. The summed E-state index contributed by atoms with van der Waals surface area (Å²) in [6, 6.07) is 0. The van der Waals surface area contributed by atoms with Gasteiger partial charge in [-0.25, -0.2) is 0 Å². The number of allylic oxidation sites excluding steroid dienone is 1. The largest absolute Gasteiger partial charge is 0.481 e. The zero-order valence-corrected chi connectivity index (χ0v) is 12.6. The van der Waals surface area contributed by atoms with Gasteiger partial charge in [-0.15, -0.1) is 0 Å². The summed E-state index contributed by atoms with van der Waals surface area (Å²) >= 11 is 0. The zero-order valence-electron chi connectivity index (χ0n) is 12.6. The number of carboxylic acid groups (broad SMARTS) is 1. The Morgan fingerprint density at radius 1 is 1.05 bits per heavy atom. The summed E-state index contributed by atoms with van der Waals surface area (Å²) in [5.74, 6) is -0.673. The van der Waals surface area contributed by atoms with Gasteiger partial charge in [-0.2, -0.15) is 0 Å². The van der Waals surface area contributed by atoms with E-state index >= 15 is 0 Å². The number of nitrogens with one attached hydrogen (secondary N) is 1. The van der Waals surface area contributed by atoms with Crippen LogP contribution < -0.4 is 5.32 Å². The van der Waals surface area contributed by atoms with E-state index in [2.05, 4.69) is 5.32 Å². The number of amides is 1. The predicted molar refractivity (Wildman–Crippen MR) is 80.8 cm³/mol. The van der Waals surface area contributed by atoms with Crippen molar-refractivity contribution < 1.29 is 19.8 Å². The average molecular weight is 297 g/mol. The Labute approximate surface area is 126 Å². The molecule has 0 saturated carbocycles. The SMILES string of the molecule is O=C(O)CCCCCCCNC(=O)CC1CC=CCC1O. The molecule has 1 aliphatic rings. The predicted octanol–water partition coefficient (Wildman–Crippen LogP) is 2.25. The molecular weight excluding hydrogens is 270 g/mol. The van der Waals surface area contributed by atoms with Gasteiger partial charge in [-0.3, -0.25) is 9.59 Å². The van der Waals surface area contributed by atoms with Gasteiger partial charge < -0.3 is 15.5 Å². The third kappa shape index (κ3) is 8.50. The van der Waals surface area contributed by atoms with Crippen LogP contribution in [0.4, 0.5) is 0 Å². The molecule has 2 atom stereocenters. The number of hydrogen-bond acceptors (Lipinski definition) is 3. The number of hydrogen-bond donors (Lipinski definition) is 3. The number of rotatable bonds is 10. The number of carboxylic acids is 1. The minimum absolute atomic E-state index is 0.0141. The van der Waals surface area contributed by atoms with Crippen molar-refractivity contribution in [1.82, 2.24) is 5.32 Å². The molecule has 3 N–H and O–H groups in total. The lowest BCUT2D eigenvalue weighted by Gasteiger charge is -2.23. The molecule has 0 radical (unpaired) electrons. The number of aliphatic hydroxyl groups excluding tert-OH is 1. The first-order chi connectivity index (χ1) is 10.1. The van der Waals surface area contributed by atoms with E-state index in [9.17, 15) is 14.7 Å². The number of carbonyl (C=O) groups excluding carboxylic acids is 1. The standard InChI is InChI=1S/C16H27NO4/c18-14-9-6-5-8-13(14)12-15(19)17-11-7-3-1-2-4-10-16(20)21/h5-6,13-14,18H,1-4,7-12H2,(H,17,19)(H,20,21). The van der Waals surface area contributed by atoms with Crippen molar-refractivity contribution in [3.8, 4) is 0 Å². The molecule has 0 saturated heterocycles. The Bertz CT molecular complexity index is 354. The molecule has 0 aromatic rings. The average Bonchev–Trinajstić information content (AvgIpc) is 2.44. The summed E-state index contributed by atoms with van der Waals surface area (Å²) in [5.41, 5.74) is 0. The maximum atomic E-state index is 11.8. The minimum Gasteiger partial charge on any atom is -0.481 e. The van der Waals surface area contributed by atoms with Gasteiger partial charge in [-0.1, -0.05) is 31.4 Å². The van der Waals surface area contributed by atoms with Crippen LogP contribution in [0.5, 0.6) is 0 Å². The van der Waals surface area contributed by atoms with Gasteiger partial charge in [0.1, 0.15) is 0 Å².